The third-order valence-electron chi connectivity index (χ3n) is 2.53. The van der Waals surface area contributed by atoms with Crippen molar-refractivity contribution >= 4 is 27.3 Å². The fraction of sp³-hybridized carbons (Fsp3) is 0.600. The molecule has 0 bridgehead atoms. The lowest BCUT2D eigenvalue weighted by Crippen LogP contribution is -2.17. The van der Waals surface area contributed by atoms with E-state index in [1.165, 1.54) is 0 Å². The Morgan fingerprint density at radius 2 is 2.43 bits per heavy atom. The summed E-state index contributed by atoms with van der Waals surface area (Å²) in [5.41, 5.74) is 0. The number of halogens is 1. The zero-order valence-corrected chi connectivity index (χ0v) is 10.3. The summed E-state index contributed by atoms with van der Waals surface area (Å²) in [5, 5.41) is 12.0. The van der Waals surface area contributed by atoms with Gasteiger partial charge in [-0.2, -0.15) is 0 Å². The number of aliphatic hydroxyl groups is 1. The summed E-state index contributed by atoms with van der Waals surface area (Å²) in [5.74, 6) is 0. The van der Waals surface area contributed by atoms with Crippen LogP contribution in [0, 0.1) is 0 Å². The van der Waals surface area contributed by atoms with Crippen LogP contribution in [0.5, 0.6) is 0 Å². The standard InChI is InChI=1S/C10H13BrO2S/c1-6-2-3-8(13-6)9(12)10-7(11)4-5-14-10/h4-6,8-9,12H,2-3H2,1H3. The Kier molecular flexibility index (Phi) is 3.27. The molecule has 0 radical (unpaired) electrons. The number of hydrogen-bond acceptors (Lipinski definition) is 3. The molecule has 2 rings (SSSR count). The number of thiophene rings is 1. The highest BCUT2D eigenvalue weighted by atomic mass is 79.9. The zero-order valence-electron chi connectivity index (χ0n) is 7.94. The van der Waals surface area contributed by atoms with Crippen LogP contribution in [0.1, 0.15) is 30.7 Å². The van der Waals surface area contributed by atoms with Crippen LogP contribution in [-0.4, -0.2) is 17.3 Å². The lowest BCUT2D eigenvalue weighted by Gasteiger charge is -2.17. The third kappa shape index (κ3) is 2.03. The van der Waals surface area contributed by atoms with Crippen molar-refractivity contribution in [1.82, 2.24) is 0 Å². The minimum atomic E-state index is -0.477. The fourth-order valence-corrected chi connectivity index (χ4v) is 3.40. The first-order chi connectivity index (χ1) is 6.68. The molecule has 1 aliphatic heterocycles. The van der Waals surface area contributed by atoms with E-state index < -0.39 is 6.10 Å². The van der Waals surface area contributed by atoms with E-state index in [9.17, 15) is 5.11 Å². The molecule has 0 saturated carbocycles. The zero-order chi connectivity index (χ0) is 10.1. The van der Waals surface area contributed by atoms with Gasteiger partial charge >= 0.3 is 0 Å². The predicted molar refractivity (Wildman–Crippen MR) is 60.5 cm³/mol. The quantitative estimate of drug-likeness (QED) is 0.900. The summed E-state index contributed by atoms with van der Waals surface area (Å²) < 4.78 is 6.62. The Labute approximate surface area is 96.0 Å². The van der Waals surface area contributed by atoms with Gasteiger partial charge in [0, 0.05) is 9.35 Å². The summed E-state index contributed by atoms with van der Waals surface area (Å²) >= 11 is 4.99. The van der Waals surface area contributed by atoms with Crippen molar-refractivity contribution in [3.8, 4) is 0 Å². The van der Waals surface area contributed by atoms with E-state index in [0.29, 0.717) is 0 Å². The first-order valence-electron chi connectivity index (χ1n) is 4.75. The SMILES string of the molecule is CC1CCC(C(O)c2sccc2Br)O1. The number of aliphatic hydroxyl groups excluding tert-OH is 1. The van der Waals surface area contributed by atoms with E-state index in [4.69, 9.17) is 4.74 Å². The summed E-state index contributed by atoms with van der Waals surface area (Å²) in [6.07, 6.45) is 1.78. The predicted octanol–water partition coefficient (Wildman–Crippen LogP) is 3.11. The maximum Gasteiger partial charge on any atom is 0.115 e. The van der Waals surface area contributed by atoms with Crippen molar-refractivity contribution in [2.24, 2.45) is 0 Å². The smallest absolute Gasteiger partial charge is 0.115 e. The average molecular weight is 277 g/mol. The molecule has 2 heterocycles. The molecule has 1 aromatic rings. The van der Waals surface area contributed by atoms with Gasteiger partial charge in [0.1, 0.15) is 6.10 Å². The molecule has 0 aromatic carbocycles. The molecule has 4 heteroatoms. The molecular formula is C10H13BrO2S. The second-order valence-electron chi connectivity index (χ2n) is 3.64. The van der Waals surface area contributed by atoms with Gasteiger partial charge in [-0.1, -0.05) is 0 Å². The van der Waals surface area contributed by atoms with Crippen LogP contribution >= 0.6 is 27.3 Å². The topological polar surface area (TPSA) is 29.5 Å². The summed E-state index contributed by atoms with van der Waals surface area (Å²) in [7, 11) is 0. The first-order valence-corrected chi connectivity index (χ1v) is 6.42. The molecule has 0 amide bonds. The maximum atomic E-state index is 10.1. The van der Waals surface area contributed by atoms with E-state index in [0.717, 1.165) is 22.2 Å². The van der Waals surface area contributed by atoms with Gasteiger partial charge in [-0.3, -0.25) is 0 Å². The Morgan fingerprint density at radius 3 is 2.93 bits per heavy atom. The Morgan fingerprint density at radius 1 is 1.64 bits per heavy atom. The summed E-state index contributed by atoms with van der Waals surface area (Å²) in [4.78, 5) is 0.976. The van der Waals surface area contributed by atoms with Gasteiger partial charge in [0.15, 0.2) is 0 Å². The van der Waals surface area contributed by atoms with Crippen LogP contribution in [0.25, 0.3) is 0 Å². The van der Waals surface area contributed by atoms with Crippen molar-refractivity contribution in [3.05, 3.63) is 20.8 Å². The van der Waals surface area contributed by atoms with Crippen molar-refractivity contribution in [3.63, 3.8) is 0 Å². The van der Waals surface area contributed by atoms with Gasteiger partial charge in [-0.05, 0) is 47.1 Å². The fourth-order valence-electron chi connectivity index (χ4n) is 1.75. The Bertz CT molecular complexity index is 313. The van der Waals surface area contributed by atoms with Crippen LogP contribution < -0.4 is 0 Å². The molecule has 3 atom stereocenters. The van der Waals surface area contributed by atoms with E-state index in [1.807, 2.05) is 11.4 Å². The minimum absolute atomic E-state index is 0.0278. The molecule has 78 valence electrons. The normalized spacial score (nSPS) is 29.4. The second-order valence-corrected chi connectivity index (χ2v) is 5.44. The van der Waals surface area contributed by atoms with Gasteiger partial charge < -0.3 is 9.84 Å². The van der Waals surface area contributed by atoms with Gasteiger partial charge in [-0.25, -0.2) is 0 Å². The molecule has 0 aliphatic carbocycles. The van der Waals surface area contributed by atoms with E-state index in [-0.39, 0.29) is 12.2 Å². The van der Waals surface area contributed by atoms with Gasteiger partial charge in [0.2, 0.25) is 0 Å². The van der Waals surface area contributed by atoms with Crippen molar-refractivity contribution in [2.75, 3.05) is 0 Å². The molecule has 3 unspecified atom stereocenters. The monoisotopic (exact) mass is 276 g/mol. The average Bonchev–Trinajstić information content (AvgIpc) is 2.73. The van der Waals surface area contributed by atoms with Gasteiger partial charge in [-0.15, -0.1) is 11.3 Å². The number of hydrogen-bond donors (Lipinski definition) is 1. The first kappa shape index (κ1) is 10.6. The van der Waals surface area contributed by atoms with E-state index in [2.05, 4.69) is 22.9 Å². The summed E-state index contributed by atoms with van der Waals surface area (Å²) in [6.45, 7) is 2.05. The highest BCUT2D eigenvalue weighted by Crippen LogP contribution is 2.36. The third-order valence-corrected chi connectivity index (χ3v) is 4.47. The Balaban J connectivity index is 2.09. The molecule has 0 spiro atoms. The molecule has 1 N–H and O–H groups in total. The van der Waals surface area contributed by atoms with Crippen molar-refractivity contribution in [1.29, 1.82) is 0 Å². The highest BCUT2D eigenvalue weighted by Gasteiger charge is 2.30. The maximum absolute atomic E-state index is 10.1. The largest absolute Gasteiger partial charge is 0.385 e. The number of rotatable bonds is 2. The van der Waals surface area contributed by atoms with Gasteiger partial charge in [0.05, 0.1) is 12.2 Å². The van der Waals surface area contributed by atoms with Crippen molar-refractivity contribution < 1.29 is 9.84 Å². The molecule has 14 heavy (non-hydrogen) atoms. The van der Waals surface area contributed by atoms with E-state index >= 15 is 0 Å². The molecule has 2 nitrogen and oxygen atoms in total. The molecular weight excluding hydrogens is 264 g/mol. The molecule has 1 aliphatic rings. The number of ether oxygens (including phenoxy) is 1. The van der Waals surface area contributed by atoms with Crippen molar-refractivity contribution in [2.45, 2.75) is 38.1 Å². The van der Waals surface area contributed by atoms with Gasteiger partial charge in [0.25, 0.3) is 0 Å². The molecule has 1 saturated heterocycles. The van der Waals surface area contributed by atoms with Crippen LogP contribution in [-0.2, 0) is 4.74 Å². The molecule has 1 fully saturated rings. The minimum Gasteiger partial charge on any atom is -0.385 e. The van der Waals surface area contributed by atoms with E-state index in [1.54, 1.807) is 11.3 Å². The summed E-state index contributed by atoms with van der Waals surface area (Å²) in [6, 6.07) is 1.96. The Hall–Kier alpha value is 0.1000. The highest BCUT2D eigenvalue weighted by molar-refractivity contribution is 9.10. The lowest BCUT2D eigenvalue weighted by molar-refractivity contribution is -0.0285. The second kappa shape index (κ2) is 4.31. The van der Waals surface area contributed by atoms with Crippen LogP contribution in [0.3, 0.4) is 0 Å². The van der Waals surface area contributed by atoms with Crippen LogP contribution in [0.4, 0.5) is 0 Å². The van der Waals surface area contributed by atoms with Crippen LogP contribution in [0.15, 0.2) is 15.9 Å². The molecule has 1 aromatic heterocycles. The lowest BCUT2D eigenvalue weighted by atomic mass is 10.1. The van der Waals surface area contributed by atoms with Crippen LogP contribution in [0.2, 0.25) is 0 Å².